The summed E-state index contributed by atoms with van der Waals surface area (Å²) in [6.07, 6.45) is 1.71. The van der Waals surface area contributed by atoms with Crippen LogP contribution in [0.25, 0.3) is 0 Å². The first-order valence-corrected chi connectivity index (χ1v) is 7.89. The highest BCUT2D eigenvalue weighted by atomic mass is 16.6. The van der Waals surface area contributed by atoms with E-state index in [1.807, 2.05) is 39.0 Å². The predicted octanol–water partition coefficient (Wildman–Crippen LogP) is 2.76. The highest BCUT2D eigenvalue weighted by Gasteiger charge is 2.24. The average molecular weight is 305 g/mol. The van der Waals surface area contributed by atoms with E-state index in [-0.39, 0.29) is 12.1 Å². The van der Waals surface area contributed by atoms with Crippen molar-refractivity contribution in [1.29, 1.82) is 0 Å². The minimum atomic E-state index is -0.461. The van der Waals surface area contributed by atoms with Crippen LogP contribution in [0.1, 0.15) is 39.2 Å². The van der Waals surface area contributed by atoms with E-state index in [0.29, 0.717) is 0 Å². The van der Waals surface area contributed by atoms with Gasteiger partial charge in [0.15, 0.2) is 0 Å². The normalized spacial score (nSPS) is 19.7. The summed E-state index contributed by atoms with van der Waals surface area (Å²) in [5, 5.41) is 2.97. The Morgan fingerprint density at radius 3 is 2.82 bits per heavy atom. The van der Waals surface area contributed by atoms with Gasteiger partial charge in [0.25, 0.3) is 0 Å². The highest BCUT2D eigenvalue weighted by Crippen LogP contribution is 2.18. The van der Waals surface area contributed by atoms with Gasteiger partial charge < -0.3 is 15.8 Å². The number of nitrogen functional groups attached to an aromatic ring is 1. The summed E-state index contributed by atoms with van der Waals surface area (Å²) in [5.41, 5.74) is 7.51. The number of amides is 1. The van der Waals surface area contributed by atoms with Crippen LogP contribution in [0, 0.1) is 0 Å². The summed E-state index contributed by atoms with van der Waals surface area (Å²) >= 11 is 0. The van der Waals surface area contributed by atoms with Crippen molar-refractivity contribution in [2.75, 3.05) is 18.8 Å². The van der Waals surface area contributed by atoms with Crippen molar-refractivity contribution in [2.45, 2.75) is 51.8 Å². The van der Waals surface area contributed by atoms with E-state index in [2.05, 4.69) is 16.3 Å². The topological polar surface area (TPSA) is 67.6 Å². The Hall–Kier alpha value is -1.75. The number of anilines is 1. The second kappa shape index (κ2) is 7.01. The Morgan fingerprint density at radius 2 is 2.14 bits per heavy atom. The molecular formula is C17H27N3O2. The van der Waals surface area contributed by atoms with E-state index in [4.69, 9.17) is 10.5 Å². The molecule has 0 spiro atoms. The van der Waals surface area contributed by atoms with Gasteiger partial charge in [-0.15, -0.1) is 0 Å². The third-order valence-corrected chi connectivity index (χ3v) is 3.68. The fraction of sp³-hybridized carbons (Fsp3) is 0.588. The van der Waals surface area contributed by atoms with E-state index in [1.165, 1.54) is 0 Å². The first-order valence-electron chi connectivity index (χ1n) is 7.89. The molecule has 0 radical (unpaired) electrons. The van der Waals surface area contributed by atoms with Crippen LogP contribution in [-0.4, -0.2) is 35.7 Å². The van der Waals surface area contributed by atoms with Crippen molar-refractivity contribution in [3.8, 4) is 0 Å². The number of carbonyl (C=O) groups is 1. The van der Waals surface area contributed by atoms with E-state index in [1.54, 1.807) is 0 Å². The Bertz CT molecular complexity index is 511. The van der Waals surface area contributed by atoms with Crippen molar-refractivity contribution in [1.82, 2.24) is 10.2 Å². The molecule has 2 rings (SSSR count). The number of nitrogens with two attached hydrogens (primary N) is 1. The molecule has 0 saturated carbocycles. The van der Waals surface area contributed by atoms with Gasteiger partial charge in [-0.25, -0.2) is 4.79 Å². The zero-order valence-corrected chi connectivity index (χ0v) is 13.8. The molecule has 1 fully saturated rings. The molecule has 0 aliphatic carbocycles. The number of carbonyl (C=O) groups excluding carboxylic acids is 1. The maximum absolute atomic E-state index is 11.9. The Morgan fingerprint density at radius 1 is 1.41 bits per heavy atom. The molecule has 1 aliphatic rings. The number of likely N-dealkylation sites (tertiary alicyclic amines) is 1. The molecular weight excluding hydrogens is 278 g/mol. The van der Waals surface area contributed by atoms with Crippen LogP contribution in [0.3, 0.4) is 0 Å². The number of hydrogen-bond acceptors (Lipinski definition) is 4. The molecule has 5 heteroatoms. The molecule has 1 saturated heterocycles. The number of para-hydroxylation sites is 1. The second-order valence-corrected chi connectivity index (χ2v) is 6.92. The standard InChI is InChI=1S/C17H27N3O2/c1-17(2,3)22-16(21)19-14-8-6-10-20(12-14)11-13-7-4-5-9-15(13)18/h4-5,7,9,14H,6,8,10-12,18H2,1-3H3,(H,19,21)/t14-/m1/s1. The number of rotatable bonds is 3. The summed E-state index contributed by atoms with van der Waals surface area (Å²) in [6.45, 7) is 8.29. The Labute approximate surface area is 132 Å². The van der Waals surface area contributed by atoms with E-state index >= 15 is 0 Å². The van der Waals surface area contributed by atoms with Crippen LogP contribution < -0.4 is 11.1 Å². The van der Waals surface area contributed by atoms with Crippen molar-refractivity contribution >= 4 is 11.8 Å². The molecule has 1 atom stereocenters. The van der Waals surface area contributed by atoms with Gasteiger partial charge in [-0.05, 0) is 51.8 Å². The zero-order chi connectivity index (χ0) is 16.2. The Balaban J connectivity index is 1.87. The van der Waals surface area contributed by atoms with Crippen molar-refractivity contribution in [2.24, 2.45) is 0 Å². The lowest BCUT2D eigenvalue weighted by molar-refractivity contribution is 0.0470. The first kappa shape index (κ1) is 16.6. The molecule has 0 bridgehead atoms. The van der Waals surface area contributed by atoms with Crippen LogP contribution in [-0.2, 0) is 11.3 Å². The zero-order valence-electron chi connectivity index (χ0n) is 13.8. The minimum absolute atomic E-state index is 0.133. The maximum atomic E-state index is 11.9. The monoisotopic (exact) mass is 305 g/mol. The third-order valence-electron chi connectivity index (χ3n) is 3.68. The first-order chi connectivity index (χ1) is 10.3. The van der Waals surface area contributed by atoms with Crippen LogP contribution in [0.5, 0.6) is 0 Å². The van der Waals surface area contributed by atoms with Gasteiger partial charge in [0.05, 0.1) is 0 Å². The van der Waals surface area contributed by atoms with Gasteiger partial charge in [-0.1, -0.05) is 18.2 Å². The number of nitrogens with zero attached hydrogens (tertiary/aromatic N) is 1. The fourth-order valence-corrected chi connectivity index (χ4v) is 2.71. The molecule has 1 heterocycles. The van der Waals surface area contributed by atoms with E-state index in [9.17, 15) is 4.79 Å². The van der Waals surface area contributed by atoms with Crippen LogP contribution in [0.15, 0.2) is 24.3 Å². The number of benzene rings is 1. The summed E-state index contributed by atoms with van der Waals surface area (Å²) in [6, 6.07) is 8.07. The van der Waals surface area contributed by atoms with E-state index < -0.39 is 5.60 Å². The molecule has 1 aliphatic heterocycles. The Kier molecular flexibility index (Phi) is 5.29. The van der Waals surface area contributed by atoms with E-state index in [0.717, 1.165) is 43.7 Å². The molecule has 122 valence electrons. The molecule has 0 unspecified atom stereocenters. The van der Waals surface area contributed by atoms with Crippen molar-refractivity contribution < 1.29 is 9.53 Å². The molecule has 0 aromatic heterocycles. The average Bonchev–Trinajstić information content (AvgIpc) is 2.39. The third kappa shape index (κ3) is 5.22. The number of hydrogen-bond donors (Lipinski definition) is 2. The lowest BCUT2D eigenvalue weighted by atomic mass is 10.0. The maximum Gasteiger partial charge on any atom is 0.407 e. The number of ether oxygens (including phenoxy) is 1. The molecule has 5 nitrogen and oxygen atoms in total. The lowest BCUT2D eigenvalue weighted by Crippen LogP contribution is -2.48. The van der Waals surface area contributed by atoms with Gasteiger partial charge in [0.2, 0.25) is 0 Å². The molecule has 1 aromatic carbocycles. The van der Waals surface area contributed by atoms with Gasteiger partial charge in [-0.3, -0.25) is 4.90 Å². The summed E-state index contributed by atoms with van der Waals surface area (Å²) < 4.78 is 5.32. The van der Waals surface area contributed by atoms with Gasteiger partial charge in [0.1, 0.15) is 5.60 Å². The van der Waals surface area contributed by atoms with Crippen molar-refractivity contribution in [3.05, 3.63) is 29.8 Å². The summed E-state index contributed by atoms with van der Waals surface area (Å²) in [7, 11) is 0. The van der Waals surface area contributed by atoms with Crippen LogP contribution in [0.4, 0.5) is 10.5 Å². The number of alkyl carbamates (subject to hydrolysis) is 1. The number of nitrogens with one attached hydrogen (secondary N) is 1. The molecule has 22 heavy (non-hydrogen) atoms. The highest BCUT2D eigenvalue weighted by molar-refractivity contribution is 5.68. The number of piperidine rings is 1. The fourth-order valence-electron chi connectivity index (χ4n) is 2.71. The minimum Gasteiger partial charge on any atom is -0.444 e. The quantitative estimate of drug-likeness (QED) is 0.843. The smallest absolute Gasteiger partial charge is 0.407 e. The van der Waals surface area contributed by atoms with Gasteiger partial charge in [0, 0.05) is 24.8 Å². The van der Waals surface area contributed by atoms with Crippen molar-refractivity contribution in [3.63, 3.8) is 0 Å². The SMILES string of the molecule is CC(C)(C)OC(=O)N[C@@H]1CCCN(Cc2ccccc2N)C1. The second-order valence-electron chi connectivity index (χ2n) is 6.92. The predicted molar refractivity (Wildman–Crippen MR) is 88.5 cm³/mol. The molecule has 3 N–H and O–H groups in total. The van der Waals surface area contributed by atoms with Gasteiger partial charge in [-0.2, -0.15) is 0 Å². The molecule has 1 amide bonds. The lowest BCUT2D eigenvalue weighted by Gasteiger charge is -2.33. The summed E-state index contributed by atoms with van der Waals surface area (Å²) in [4.78, 5) is 14.2. The van der Waals surface area contributed by atoms with Gasteiger partial charge >= 0.3 is 6.09 Å². The largest absolute Gasteiger partial charge is 0.444 e. The van der Waals surface area contributed by atoms with Crippen LogP contribution in [0.2, 0.25) is 0 Å². The van der Waals surface area contributed by atoms with Crippen LogP contribution >= 0.6 is 0 Å². The molecule has 1 aromatic rings. The summed E-state index contributed by atoms with van der Waals surface area (Å²) in [5.74, 6) is 0.